The number of nitrogens with one attached hydrogen (secondary N) is 1. The Morgan fingerprint density at radius 2 is 2.10 bits per heavy atom. The molecule has 2 aromatic rings. The molecule has 0 aliphatic carbocycles. The van der Waals surface area contributed by atoms with Gasteiger partial charge in [0.05, 0.1) is 6.26 Å². The second kappa shape index (κ2) is 5.82. The lowest BCUT2D eigenvalue weighted by Crippen LogP contribution is -2.34. The second-order valence-electron chi connectivity index (χ2n) is 4.62. The number of rotatable bonds is 5. The van der Waals surface area contributed by atoms with E-state index in [1.54, 1.807) is 19.1 Å². The number of hydrogen-bond donors (Lipinski definition) is 2. The van der Waals surface area contributed by atoms with Gasteiger partial charge in [-0.1, -0.05) is 0 Å². The first-order valence-electron chi connectivity index (χ1n) is 6.09. The van der Waals surface area contributed by atoms with Crippen LogP contribution < -0.4 is 10.5 Å². The second-order valence-corrected chi connectivity index (χ2v) is 6.30. The van der Waals surface area contributed by atoms with E-state index in [0.29, 0.717) is 5.76 Å². The number of nitrogens with two attached hydrogens (primary N) is 1. The van der Waals surface area contributed by atoms with Crippen LogP contribution in [0, 0.1) is 11.6 Å². The van der Waals surface area contributed by atoms with Gasteiger partial charge in [0.25, 0.3) is 0 Å². The molecule has 0 radical (unpaired) electrons. The molecule has 8 heteroatoms. The Hall–Kier alpha value is -1.93. The SMILES string of the molecule is CC(Cc1ccco1)NS(=O)(=O)c1cc(N)cc(F)c1F. The van der Waals surface area contributed by atoms with E-state index >= 15 is 0 Å². The lowest BCUT2D eigenvalue weighted by molar-refractivity contribution is 0.470. The molecule has 0 saturated carbocycles. The molecule has 0 fully saturated rings. The molecule has 5 nitrogen and oxygen atoms in total. The minimum Gasteiger partial charge on any atom is -0.469 e. The van der Waals surface area contributed by atoms with Crippen LogP contribution in [0.25, 0.3) is 0 Å². The summed E-state index contributed by atoms with van der Waals surface area (Å²) in [5.74, 6) is -2.19. The molecular weight excluding hydrogens is 302 g/mol. The summed E-state index contributed by atoms with van der Waals surface area (Å²) in [7, 11) is -4.23. The zero-order valence-corrected chi connectivity index (χ0v) is 12.0. The minimum atomic E-state index is -4.23. The van der Waals surface area contributed by atoms with Crippen LogP contribution >= 0.6 is 0 Å². The predicted molar refractivity (Wildman–Crippen MR) is 73.0 cm³/mol. The third-order valence-corrected chi connectivity index (χ3v) is 4.34. The third kappa shape index (κ3) is 3.59. The summed E-state index contributed by atoms with van der Waals surface area (Å²) in [4.78, 5) is -0.814. The number of furan rings is 1. The van der Waals surface area contributed by atoms with Crippen molar-refractivity contribution >= 4 is 15.7 Å². The van der Waals surface area contributed by atoms with Gasteiger partial charge in [-0.15, -0.1) is 0 Å². The summed E-state index contributed by atoms with van der Waals surface area (Å²) in [5.41, 5.74) is 5.18. The fourth-order valence-electron chi connectivity index (χ4n) is 1.88. The molecule has 1 aromatic carbocycles. The van der Waals surface area contributed by atoms with E-state index in [1.165, 1.54) is 6.26 Å². The number of sulfonamides is 1. The number of nitrogen functional groups attached to an aromatic ring is 1. The van der Waals surface area contributed by atoms with Gasteiger partial charge in [0, 0.05) is 18.2 Å². The smallest absolute Gasteiger partial charge is 0.243 e. The summed E-state index contributed by atoms with van der Waals surface area (Å²) in [6.07, 6.45) is 1.74. The van der Waals surface area contributed by atoms with Crippen LogP contribution in [-0.4, -0.2) is 14.5 Å². The number of benzene rings is 1. The van der Waals surface area contributed by atoms with Crippen molar-refractivity contribution in [1.29, 1.82) is 0 Å². The minimum absolute atomic E-state index is 0.173. The Morgan fingerprint density at radius 1 is 1.38 bits per heavy atom. The molecule has 0 spiro atoms. The van der Waals surface area contributed by atoms with Crippen LogP contribution in [-0.2, 0) is 16.4 Å². The number of hydrogen-bond acceptors (Lipinski definition) is 4. The summed E-state index contributed by atoms with van der Waals surface area (Å²) in [6, 6.07) is 4.39. The molecule has 0 aliphatic heterocycles. The largest absolute Gasteiger partial charge is 0.469 e. The monoisotopic (exact) mass is 316 g/mol. The van der Waals surface area contributed by atoms with Crippen molar-refractivity contribution in [3.05, 3.63) is 47.9 Å². The van der Waals surface area contributed by atoms with E-state index in [-0.39, 0.29) is 12.1 Å². The highest BCUT2D eigenvalue weighted by atomic mass is 32.2. The summed E-state index contributed by atoms with van der Waals surface area (Å²) in [6.45, 7) is 1.58. The van der Waals surface area contributed by atoms with Crippen LogP contribution in [0.1, 0.15) is 12.7 Å². The van der Waals surface area contributed by atoms with Gasteiger partial charge in [-0.05, 0) is 31.2 Å². The van der Waals surface area contributed by atoms with Crippen molar-refractivity contribution < 1.29 is 21.6 Å². The average Bonchev–Trinajstić information content (AvgIpc) is 2.85. The Labute approximate surface area is 120 Å². The van der Waals surface area contributed by atoms with E-state index in [4.69, 9.17) is 10.2 Å². The van der Waals surface area contributed by atoms with Crippen molar-refractivity contribution in [1.82, 2.24) is 4.72 Å². The van der Waals surface area contributed by atoms with Crippen molar-refractivity contribution in [3.63, 3.8) is 0 Å². The van der Waals surface area contributed by atoms with Crippen molar-refractivity contribution in [2.75, 3.05) is 5.73 Å². The van der Waals surface area contributed by atoms with E-state index in [1.807, 2.05) is 0 Å². The molecule has 1 aromatic heterocycles. The van der Waals surface area contributed by atoms with Crippen LogP contribution in [0.3, 0.4) is 0 Å². The van der Waals surface area contributed by atoms with E-state index in [9.17, 15) is 17.2 Å². The highest BCUT2D eigenvalue weighted by molar-refractivity contribution is 7.89. The van der Waals surface area contributed by atoms with Gasteiger partial charge in [-0.3, -0.25) is 0 Å². The Balaban J connectivity index is 2.22. The highest BCUT2D eigenvalue weighted by Gasteiger charge is 2.24. The summed E-state index contributed by atoms with van der Waals surface area (Å²) >= 11 is 0. The Morgan fingerprint density at radius 3 is 2.71 bits per heavy atom. The molecule has 0 aliphatic rings. The fourth-order valence-corrected chi connectivity index (χ4v) is 3.24. The van der Waals surface area contributed by atoms with E-state index < -0.39 is 32.6 Å². The van der Waals surface area contributed by atoms with Gasteiger partial charge in [0.2, 0.25) is 10.0 Å². The molecule has 114 valence electrons. The maximum absolute atomic E-state index is 13.6. The average molecular weight is 316 g/mol. The lowest BCUT2D eigenvalue weighted by atomic mass is 10.2. The van der Waals surface area contributed by atoms with Crippen molar-refractivity contribution in [3.8, 4) is 0 Å². The topological polar surface area (TPSA) is 85.3 Å². The first-order chi connectivity index (χ1) is 9.79. The van der Waals surface area contributed by atoms with Gasteiger partial charge in [-0.25, -0.2) is 21.9 Å². The molecule has 0 amide bonds. The molecule has 2 rings (SSSR count). The van der Waals surface area contributed by atoms with Crippen molar-refractivity contribution in [2.24, 2.45) is 0 Å². The number of halogens is 2. The van der Waals surface area contributed by atoms with Gasteiger partial charge < -0.3 is 10.2 Å². The Kier molecular flexibility index (Phi) is 4.29. The predicted octanol–water partition coefficient (Wildman–Crippen LogP) is 2.05. The van der Waals surface area contributed by atoms with Gasteiger partial charge >= 0.3 is 0 Å². The third-order valence-electron chi connectivity index (χ3n) is 2.75. The lowest BCUT2D eigenvalue weighted by Gasteiger charge is -2.14. The Bertz CT molecular complexity index is 730. The zero-order chi connectivity index (χ0) is 15.6. The van der Waals surface area contributed by atoms with Crippen LogP contribution in [0.5, 0.6) is 0 Å². The van der Waals surface area contributed by atoms with Gasteiger partial charge in [-0.2, -0.15) is 0 Å². The summed E-state index contributed by atoms with van der Waals surface area (Å²) < 4.78 is 58.4. The summed E-state index contributed by atoms with van der Waals surface area (Å²) in [5, 5.41) is 0. The molecule has 3 N–H and O–H groups in total. The highest BCUT2D eigenvalue weighted by Crippen LogP contribution is 2.21. The fraction of sp³-hybridized carbons (Fsp3) is 0.231. The van der Waals surface area contributed by atoms with E-state index in [2.05, 4.69) is 4.72 Å². The molecule has 0 saturated heterocycles. The molecule has 21 heavy (non-hydrogen) atoms. The molecule has 0 bridgehead atoms. The van der Waals surface area contributed by atoms with E-state index in [0.717, 1.165) is 12.1 Å². The quantitative estimate of drug-likeness (QED) is 0.827. The molecule has 1 unspecified atom stereocenters. The molecular formula is C13H14F2N2O3S. The first-order valence-corrected chi connectivity index (χ1v) is 7.57. The van der Waals surface area contributed by atoms with Crippen LogP contribution in [0.4, 0.5) is 14.5 Å². The molecule has 1 heterocycles. The van der Waals surface area contributed by atoms with Crippen LogP contribution in [0.15, 0.2) is 39.8 Å². The van der Waals surface area contributed by atoms with Gasteiger partial charge in [0.15, 0.2) is 11.6 Å². The molecule has 1 atom stereocenters. The van der Waals surface area contributed by atoms with Gasteiger partial charge in [0.1, 0.15) is 10.7 Å². The van der Waals surface area contributed by atoms with Crippen LogP contribution in [0.2, 0.25) is 0 Å². The maximum atomic E-state index is 13.6. The first kappa shape index (κ1) is 15.5. The normalized spacial score (nSPS) is 13.3. The standard InChI is InChI=1S/C13H14F2N2O3S/c1-8(5-10-3-2-4-20-10)17-21(18,19)12-7-9(16)6-11(14)13(12)15/h2-4,6-8,17H,5,16H2,1H3. The zero-order valence-electron chi connectivity index (χ0n) is 11.1. The maximum Gasteiger partial charge on any atom is 0.243 e. The van der Waals surface area contributed by atoms with Crippen molar-refractivity contribution in [2.45, 2.75) is 24.3 Å². The number of anilines is 1.